The fourth-order valence-electron chi connectivity index (χ4n) is 4.53. The van der Waals surface area contributed by atoms with Crippen LogP contribution in [0, 0.1) is 5.92 Å². The maximum absolute atomic E-state index is 13.4. The van der Waals surface area contributed by atoms with E-state index in [4.69, 9.17) is 9.31 Å². The Morgan fingerprint density at radius 2 is 1.72 bits per heavy atom. The molecular weight excluding hydrogens is 559 g/mol. The van der Waals surface area contributed by atoms with E-state index >= 15 is 0 Å². The molecule has 4 N–H and O–H groups in total. The van der Waals surface area contributed by atoms with Crippen LogP contribution in [-0.4, -0.2) is 94.7 Å². The third-order valence-corrected chi connectivity index (χ3v) is 6.83. The third-order valence-electron chi connectivity index (χ3n) is 6.83. The number of nitrogens with zero attached hydrogens (tertiary/aromatic N) is 2. The molecule has 0 radical (unpaired) electrons. The first-order chi connectivity index (χ1) is 20.2. The van der Waals surface area contributed by atoms with Gasteiger partial charge in [0.2, 0.25) is 11.8 Å². The number of carboxylic acids is 1. The van der Waals surface area contributed by atoms with Gasteiger partial charge in [0.25, 0.3) is 11.9 Å². The lowest BCUT2D eigenvalue weighted by Gasteiger charge is -2.39. The van der Waals surface area contributed by atoms with E-state index in [1.807, 2.05) is 44.2 Å². The lowest BCUT2D eigenvalue weighted by atomic mass is 9.70. The zero-order chi connectivity index (χ0) is 31.9. The Labute approximate surface area is 250 Å². The van der Waals surface area contributed by atoms with Crippen LogP contribution in [-0.2, 0) is 28.5 Å². The van der Waals surface area contributed by atoms with Crippen molar-refractivity contribution in [3.8, 4) is 11.3 Å². The molecule has 1 aliphatic rings. The lowest BCUT2D eigenvalue weighted by molar-refractivity contribution is -0.173. The number of aliphatic carboxylic acids is 1. The lowest BCUT2D eigenvalue weighted by Crippen LogP contribution is -2.63. The maximum atomic E-state index is 13.4. The minimum atomic E-state index is -2.21. The standard InChI is InChI=1S/C29H37BN4O9/c1-17(2)14-22(30-42-24(37)16-29(43-30,28(40)41)15-23(36)34(4)5)32-27(39)25(18(3)35)33-26(38)21-13-9-12-20(31-21)19-10-7-6-8-11-19/h6-13,17-18,22,25,35H,14-16H2,1-5H3,(H,32,39)(H,33,38)(H,40,41)/t18-,22+,25+,29+/m1/s1. The van der Waals surface area contributed by atoms with E-state index < -0.39 is 73.3 Å². The molecule has 230 valence electrons. The normalized spacial score (nSPS) is 18.7. The van der Waals surface area contributed by atoms with Crippen LogP contribution in [0.5, 0.6) is 0 Å². The van der Waals surface area contributed by atoms with Crippen molar-refractivity contribution >= 4 is 36.8 Å². The summed E-state index contributed by atoms with van der Waals surface area (Å²) in [6.45, 7) is 4.96. The summed E-state index contributed by atoms with van der Waals surface area (Å²) in [5, 5.41) is 25.6. The first-order valence-electron chi connectivity index (χ1n) is 13.8. The number of benzene rings is 1. The number of pyridine rings is 1. The van der Waals surface area contributed by atoms with E-state index in [1.165, 1.54) is 32.0 Å². The Balaban J connectivity index is 1.82. The van der Waals surface area contributed by atoms with Crippen LogP contribution in [0.2, 0.25) is 0 Å². The molecule has 3 amide bonds. The zero-order valence-corrected chi connectivity index (χ0v) is 24.8. The Morgan fingerprint density at radius 1 is 1.05 bits per heavy atom. The van der Waals surface area contributed by atoms with Gasteiger partial charge in [0, 0.05) is 19.7 Å². The highest BCUT2D eigenvalue weighted by Crippen LogP contribution is 2.30. The number of amides is 3. The molecule has 4 atom stereocenters. The molecule has 2 heterocycles. The van der Waals surface area contributed by atoms with Crippen molar-refractivity contribution in [2.45, 2.75) is 63.7 Å². The monoisotopic (exact) mass is 596 g/mol. The van der Waals surface area contributed by atoms with E-state index in [-0.39, 0.29) is 18.0 Å². The molecule has 0 spiro atoms. The molecule has 1 fully saturated rings. The van der Waals surface area contributed by atoms with E-state index in [2.05, 4.69) is 15.6 Å². The summed E-state index contributed by atoms with van der Waals surface area (Å²) in [6, 6.07) is 12.6. The van der Waals surface area contributed by atoms with Crippen LogP contribution in [0.15, 0.2) is 48.5 Å². The molecule has 1 saturated heterocycles. The molecule has 1 aromatic carbocycles. The molecule has 1 aliphatic heterocycles. The molecular formula is C29H37BN4O9. The summed E-state index contributed by atoms with van der Waals surface area (Å²) in [5.74, 6) is -5.75. The van der Waals surface area contributed by atoms with Gasteiger partial charge >= 0.3 is 13.1 Å². The predicted octanol–water partition coefficient (Wildman–Crippen LogP) is 1.05. The van der Waals surface area contributed by atoms with Crippen molar-refractivity contribution in [1.29, 1.82) is 0 Å². The van der Waals surface area contributed by atoms with E-state index in [9.17, 15) is 34.2 Å². The van der Waals surface area contributed by atoms with E-state index in [0.717, 1.165) is 5.56 Å². The zero-order valence-electron chi connectivity index (χ0n) is 24.8. The second kappa shape index (κ2) is 14.3. The predicted molar refractivity (Wildman–Crippen MR) is 155 cm³/mol. The van der Waals surface area contributed by atoms with Crippen molar-refractivity contribution in [2.24, 2.45) is 5.92 Å². The molecule has 43 heavy (non-hydrogen) atoms. The van der Waals surface area contributed by atoms with Gasteiger partial charge in [-0.1, -0.05) is 50.2 Å². The highest BCUT2D eigenvalue weighted by molar-refractivity contribution is 6.50. The molecule has 2 aromatic rings. The maximum Gasteiger partial charge on any atom is 0.552 e. The van der Waals surface area contributed by atoms with E-state index in [0.29, 0.717) is 5.69 Å². The molecule has 0 aliphatic carbocycles. The fourth-order valence-corrected chi connectivity index (χ4v) is 4.53. The Morgan fingerprint density at radius 3 is 2.30 bits per heavy atom. The summed E-state index contributed by atoms with van der Waals surface area (Å²) in [5.41, 5.74) is -0.881. The van der Waals surface area contributed by atoms with Gasteiger partial charge in [0.05, 0.1) is 30.6 Å². The molecule has 3 rings (SSSR count). The molecule has 1 aromatic heterocycles. The van der Waals surface area contributed by atoms with Crippen LogP contribution in [0.4, 0.5) is 0 Å². The summed E-state index contributed by atoms with van der Waals surface area (Å²) >= 11 is 0. The SMILES string of the molecule is CC(C)C[C@H](NC(=O)[C@@H](NC(=O)c1cccc(-c2ccccc2)n1)[C@@H](C)O)B1OC(=O)C[C@@](CC(=O)N(C)C)(C(=O)O)O1. The topological polar surface area (TPSA) is 184 Å². The van der Waals surface area contributed by atoms with Crippen molar-refractivity contribution in [3.63, 3.8) is 0 Å². The van der Waals surface area contributed by atoms with Gasteiger partial charge in [-0.05, 0) is 31.4 Å². The smallest absolute Gasteiger partial charge is 0.508 e. The second-order valence-electron chi connectivity index (χ2n) is 11.1. The van der Waals surface area contributed by atoms with Gasteiger partial charge < -0.3 is 35.1 Å². The number of aliphatic hydroxyl groups excluding tert-OH is 1. The van der Waals surface area contributed by atoms with Crippen LogP contribution < -0.4 is 10.6 Å². The van der Waals surface area contributed by atoms with Gasteiger partial charge in [-0.15, -0.1) is 0 Å². The highest BCUT2D eigenvalue weighted by atomic mass is 16.6. The minimum Gasteiger partial charge on any atom is -0.508 e. The van der Waals surface area contributed by atoms with Gasteiger partial charge in [-0.3, -0.25) is 19.2 Å². The number of hydrogen-bond acceptors (Lipinski definition) is 9. The Bertz CT molecular complexity index is 1340. The highest BCUT2D eigenvalue weighted by Gasteiger charge is 2.55. The van der Waals surface area contributed by atoms with Crippen LogP contribution in [0.25, 0.3) is 11.3 Å². The third kappa shape index (κ3) is 8.61. The average Bonchev–Trinajstić information content (AvgIpc) is 2.95. The molecule has 0 saturated carbocycles. The Hall–Kier alpha value is -4.30. The summed E-state index contributed by atoms with van der Waals surface area (Å²) in [7, 11) is 1.32. The summed E-state index contributed by atoms with van der Waals surface area (Å²) < 4.78 is 11.1. The average molecular weight is 596 g/mol. The summed E-state index contributed by atoms with van der Waals surface area (Å²) in [4.78, 5) is 69.4. The number of carbonyl (C=O) groups excluding carboxylic acids is 4. The van der Waals surface area contributed by atoms with E-state index in [1.54, 1.807) is 12.1 Å². The van der Waals surface area contributed by atoms with Gasteiger partial charge in [-0.2, -0.15) is 0 Å². The molecule has 0 bridgehead atoms. The largest absolute Gasteiger partial charge is 0.552 e. The minimum absolute atomic E-state index is 0.0138. The van der Waals surface area contributed by atoms with Gasteiger partial charge in [-0.25, -0.2) is 9.78 Å². The number of nitrogens with one attached hydrogen (secondary N) is 2. The van der Waals surface area contributed by atoms with Gasteiger partial charge in [0.15, 0.2) is 5.60 Å². The summed E-state index contributed by atoms with van der Waals surface area (Å²) in [6.07, 6.45) is -2.53. The number of aliphatic hydroxyl groups is 1. The van der Waals surface area contributed by atoms with Crippen molar-refractivity contribution in [3.05, 3.63) is 54.2 Å². The van der Waals surface area contributed by atoms with Crippen molar-refractivity contribution < 1.29 is 43.5 Å². The number of hydrogen-bond donors (Lipinski definition) is 4. The second-order valence-corrected chi connectivity index (χ2v) is 11.1. The van der Waals surface area contributed by atoms with Crippen molar-refractivity contribution in [2.75, 3.05) is 14.1 Å². The number of carboxylic acid groups (broad SMARTS) is 1. The quantitative estimate of drug-likeness (QED) is 0.258. The van der Waals surface area contributed by atoms with Crippen LogP contribution in [0.3, 0.4) is 0 Å². The van der Waals surface area contributed by atoms with Gasteiger partial charge in [0.1, 0.15) is 11.7 Å². The molecule has 14 heteroatoms. The number of aromatic nitrogens is 1. The molecule has 0 unspecified atom stereocenters. The fraction of sp³-hybridized carbons (Fsp3) is 0.448. The first kappa shape index (κ1) is 33.2. The van der Waals surface area contributed by atoms with Crippen LogP contribution >= 0.6 is 0 Å². The molecule has 13 nitrogen and oxygen atoms in total. The number of carbonyl (C=O) groups is 5. The Kier molecular flexibility index (Phi) is 11.0. The first-order valence-corrected chi connectivity index (χ1v) is 13.8. The van der Waals surface area contributed by atoms with Crippen LogP contribution in [0.1, 0.15) is 50.5 Å². The van der Waals surface area contributed by atoms with Crippen molar-refractivity contribution in [1.82, 2.24) is 20.5 Å². The number of rotatable bonds is 12.